The molecule has 2 nitrogen and oxygen atoms in total. The fourth-order valence-electron chi connectivity index (χ4n) is 2.43. The molecule has 3 heteroatoms. The van der Waals surface area contributed by atoms with E-state index >= 15 is 0 Å². The van der Waals surface area contributed by atoms with Crippen LogP contribution in [0.4, 0.5) is 0 Å². The zero-order chi connectivity index (χ0) is 12.6. The van der Waals surface area contributed by atoms with E-state index in [1.165, 1.54) is 36.4 Å². The standard InChI is InChI=1S/C15H24N2S/c1-18-15-6-4-13(5-7-15)8-10-17-12-14-3-2-9-16-11-14/h4-7,14,16-17H,2-3,8-12H2,1H3. The van der Waals surface area contributed by atoms with Crippen molar-refractivity contribution in [3.05, 3.63) is 29.8 Å². The molecule has 1 aliphatic rings. The fraction of sp³-hybridized carbons (Fsp3) is 0.600. The van der Waals surface area contributed by atoms with Gasteiger partial charge in [-0.15, -0.1) is 11.8 Å². The summed E-state index contributed by atoms with van der Waals surface area (Å²) in [6.45, 7) is 4.65. The van der Waals surface area contributed by atoms with Crippen LogP contribution in [-0.4, -0.2) is 32.4 Å². The summed E-state index contributed by atoms with van der Waals surface area (Å²) in [6, 6.07) is 8.92. The van der Waals surface area contributed by atoms with Crippen molar-refractivity contribution >= 4 is 11.8 Å². The Morgan fingerprint density at radius 3 is 2.83 bits per heavy atom. The number of thioether (sulfide) groups is 1. The maximum atomic E-state index is 3.59. The van der Waals surface area contributed by atoms with E-state index < -0.39 is 0 Å². The molecule has 1 aliphatic heterocycles. The number of nitrogens with one attached hydrogen (secondary N) is 2. The third-order valence-electron chi connectivity index (χ3n) is 3.58. The lowest BCUT2D eigenvalue weighted by atomic mass is 10.00. The Hall–Kier alpha value is -0.510. The van der Waals surface area contributed by atoms with Crippen molar-refractivity contribution in [2.75, 3.05) is 32.4 Å². The first-order valence-corrected chi connectivity index (χ1v) is 8.15. The highest BCUT2D eigenvalue weighted by atomic mass is 32.2. The molecule has 0 bridgehead atoms. The summed E-state index contributed by atoms with van der Waals surface area (Å²) in [6.07, 6.45) is 5.97. The third kappa shape index (κ3) is 4.63. The molecular weight excluding hydrogens is 240 g/mol. The topological polar surface area (TPSA) is 24.1 Å². The zero-order valence-corrected chi connectivity index (χ0v) is 12.1. The summed E-state index contributed by atoms with van der Waals surface area (Å²) >= 11 is 1.80. The summed E-state index contributed by atoms with van der Waals surface area (Å²) < 4.78 is 0. The average Bonchev–Trinajstić information content (AvgIpc) is 2.45. The first-order valence-electron chi connectivity index (χ1n) is 6.93. The zero-order valence-electron chi connectivity index (χ0n) is 11.2. The molecule has 0 aliphatic carbocycles. The van der Waals surface area contributed by atoms with E-state index in [2.05, 4.69) is 41.2 Å². The minimum Gasteiger partial charge on any atom is -0.316 e. The van der Waals surface area contributed by atoms with Crippen LogP contribution in [0.1, 0.15) is 18.4 Å². The molecule has 0 radical (unpaired) electrons. The van der Waals surface area contributed by atoms with Crippen molar-refractivity contribution in [1.29, 1.82) is 0 Å². The Labute approximate surface area is 115 Å². The molecule has 18 heavy (non-hydrogen) atoms. The van der Waals surface area contributed by atoms with Gasteiger partial charge in [0.25, 0.3) is 0 Å². The van der Waals surface area contributed by atoms with Crippen molar-refractivity contribution in [3.8, 4) is 0 Å². The molecule has 1 atom stereocenters. The fourth-order valence-corrected chi connectivity index (χ4v) is 2.84. The third-order valence-corrected chi connectivity index (χ3v) is 4.33. The van der Waals surface area contributed by atoms with Gasteiger partial charge in [-0.3, -0.25) is 0 Å². The van der Waals surface area contributed by atoms with Gasteiger partial charge in [-0.05, 0) is 75.3 Å². The van der Waals surface area contributed by atoms with Crippen LogP contribution in [0.2, 0.25) is 0 Å². The molecule has 0 amide bonds. The van der Waals surface area contributed by atoms with Gasteiger partial charge < -0.3 is 10.6 Å². The van der Waals surface area contributed by atoms with Crippen LogP contribution in [0, 0.1) is 5.92 Å². The Morgan fingerprint density at radius 1 is 1.33 bits per heavy atom. The van der Waals surface area contributed by atoms with Gasteiger partial charge in [-0.1, -0.05) is 12.1 Å². The largest absolute Gasteiger partial charge is 0.316 e. The number of rotatable bonds is 6. The quantitative estimate of drug-likeness (QED) is 0.610. The SMILES string of the molecule is CSc1ccc(CCNCC2CCCNC2)cc1. The molecule has 1 unspecified atom stereocenters. The minimum absolute atomic E-state index is 0.831. The van der Waals surface area contributed by atoms with Crippen molar-refractivity contribution < 1.29 is 0 Å². The Balaban J connectivity index is 1.62. The summed E-state index contributed by atoms with van der Waals surface area (Å²) in [5.41, 5.74) is 1.43. The molecule has 1 fully saturated rings. The van der Waals surface area contributed by atoms with Gasteiger partial charge in [0.1, 0.15) is 0 Å². The van der Waals surface area contributed by atoms with Crippen molar-refractivity contribution in [3.63, 3.8) is 0 Å². The van der Waals surface area contributed by atoms with E-state index in [1.54, 1.807) is 11.8 Å². The van der Waals surface area contributed by atoms with Gasteiger partial charge in [0, 0.05) is 4.90 Å². The lowest BCUT2D eigenvalue weighted by Crippen LogP contribution is -2.36. The predicted molar refractivity (Wildman–Crippen MR) is 80.4 cm³/mol. The van der Waals surface area contributed by atoms with Crippen LogP contribution in [-0.2, 0) is 6.42 Å². The van der Waals surface area contributed by atoms with E-state index in [0.717, 1.165) is 25.4 Å². The Bertz CT molecular complexity index is 331. The van der Waals surface area contributed by atoms with Gasteiger partial charge in [0.15, 0.2) is 0 Å². The van der Waals surface area contributed by atoms with Crippen molar-refractivity contribution in [2.45, 2.75) is 24.2 Å². The first-order chi connectivity index (χ1) is 8.88. The van der Waals surface area contributed by atoms with Gasteiger partial charge in [0.2, 0.25) is 0 Å². The summed E-state index contributed by atoms with van der Waals surface area (Å²) in [5, 5.41) is 7.05. The van der Waals surface area contributed by atoms with E-state index in [4.69, 9.17) is 0 Å². The molecule has 1 saturated heterocycles. The maximum absolute atomic E-state index is 3.59. The molecule has 2 rings (SSSR count). The van der Waals surface area contributed by atoms with Gasteiger partial charge in [0.05, 0.1) is 0 Å². The monoisotopic (exact) mass is 264 g/mol. The molecule has 0 aromatic heterocycles. The minimum atomic E-state index is 0.831. The normalized spacial score (nSPS) is 19.9. The summed E-state index contributed by atoms with van der Waals surface area (Å²) in [4.78, 5) is 1.35. The van der Waals surface area contributed by atoms with Crippen molar-refractivity contribution in [2.24, 2.45) is 5.92 Å². The Morgan fingerprint density at radius 2 is 2.17 bits per heavy atom. The molecule has 1 aromatic rings. The smallest absolute Gasteiger partial charge is 0.00693 e. The number of hydrogen-bond donors (Lipinski definition) is 2. The highest BCUT2D eigenvalue weighted by Gasteiger charge is 2.11. The molecule has 2 N–H and O–H groups in total. The number of hydrogen-bond acceptors (Lipinski definition) is 3. The van der Waals surface area contributed by atoms with Gasteiger partial charge >= 0.3 is 0 Å². The van der Waals surface area contributed by atoms with Crippen LogP contribution in [0.25, 0.3) is 0 Å². The second kappa shape index (κ2) is 7.82. The number of benzene rings is 1. The average molecular weight is 264 g/mol. The van der Waals surface area contributed by atoms with Gasteiger partial charge in [-0.2, -0.15) is 0 Å². The highest BCUT2D eigenvalue weighted by molar-refractivity contribution is 7.98. The van der Waals surface area contributed by atoms with E-state index in [-0.39, 0.29) is 0 Å². The van der Waals surface area contributed by atoms with Crippen LogP contribution < -0.4 is 10.6 Å². The molecule has 1 aromatic carbocycles. The second-order valence-corrected chi connectivity index (χ2v) is 5.89. The van der Waals surface area contributed by atoms with Crippen LogP contribution in [0.3, 0.4) is 0 Å². The Kier molecular flexibility index (Phi) is 6.05. The maximum Gasteiger partial charge on any atom is 0.00693 e. The molecule has 100 valence electrons. The summed E-state index contributed by atoms with van der Waals surface area (Å²) in [5.74, 6) is 0.831. The number of piperidine rings is 1. The summed E-state index contributed by atoms with van der Waals surface area (Å²) in [7, 11) is 0. The van der Waals surface area contributed by atoms with Crippen LogP contribution in [0.5, 0.6) is 0 Å². The van der Waals surface area contributed by atoms with Crippen LogP contribution >= 0.6 is 11.8 Å². The van der Waals surface area contributed by atoms with Gasteiger partial charge in [-0.25, -0.2) is 0 Å². The van der Waals surface area contributed by atoms with Crippen LogP contribution in [0.15, 0.2) is 29.2 Å². The molecular formula is C15H24N2S. The van der Waals surface area contributed by atoms with E-state index in [1.807, 2.05) is 0 Å². The van der Waals surface area contributed by atoms with E-state index in [9.17, 15) is 0 Å². The van der Waals surface area contributed by atoms with E-state index in [0.29, 0.717) is 0 Å². The predicted octanol–water partition coefficient (Wildman–Crippen LogP) is 2.54. The lowest BCUT2D eigenvalue weighted by Gasteiger charge is -2.22. The van der Waals surface area contributed by atoms with Crippen molar-refractivity contribution in [1.82, 2.24) is 10.6 Å². The highest BCUT2D eigenvalue weighted by Crippen LogP contribution is 2.15. The lowest BCUT2D eigenvalue weighted by molar-refractivity contribution is 0.361. The second-order valence-electron chi connectivity index (χ2n) is 5.01. The molecule has 1 heterocycles. The molecule has 0 spiro atoms. The first kappa shape index (κ1) is 13.9. The molecule has 0 saturated carbocycles.